The van der Waals surface area contributed by atoms with Crippen LogP contribution in [-0.2, 0) is 22.4 Å². The normalized spacial score (nSPS) is 13.1. The van der Waals surface area contributed by atoms with E-state index in [-0.39, 0.29) is 18.9 Å². The Balaban J connectivity index is 1.72. The van der Waals surface area contributed by atoms with Crippen LogP contribution in [0.4, 0.5) is 10.7 Å². The molecule has 0 fully saturated rings. The fraction of sp³-hybridized carbons (Fsp3) is 0.429. The number of aryl methyl sites for hydroxylation is 2. The van der Waals surface area contributed by atoms with Gasteiger partial charge in [-0.05, 0) is 57.2 Å². The summed E-state index contributed by atoms with van der Waals surface area (Å²) in [5, 5.41) is 14.2. The standard InChI is InChI=1S/C21H24N2O6S/c1-3-28-21(25)19-15-7-5-4-6-8-17(15)30-20(19)22-18(24)12-29-14-9-10-16(23(26)27)13(2)11-14/h9-11H,3-8,12H2,1-2H3,(H,22,24). The number of nitro benzene ring substituents is 1. The molecule has 0 radical (unpaired) electrons. The van der Waals surface area contributed by atoms with E-state index in [2.05, 4.69) is 5.32 Å². The average molecular weight is 432 g/mol. The molecule has 0 spiro atoms. The SMILES string of the molecule is CCOC(=O)c1c(NC(=O)COc2ccc([N+](=O)[O-])c(C)c2)sc2c1CCCCC2. The Morgan fingerprint density at radius 2 is 2.00 bits per heavy atom. The van der Waals surface area contributed by atoms with Crippen LogP contribution in [0.2, 0.25) is 0 Å². The lowest BCUT2D eigenvalue weighted by Crippen LogP contribution is -2.21. The van der Waals surface area contributed by atoms with Crippen LogP contribution in [0.5, 0.6) is 5.75 Å². The Labute approximate surface area is 178 Å². The number of esters is 1. The second-order valence-electron chi connectivity index (χ2n) is 7.03. The highest BCUT2D eigenvalue weighted by atomic mass is 32.1. The summed E-state index contributed by atoms with van der Waals surface area (Å²) in [6, 6.07) is 4.32. The summed E-state index contributed by atoms with van der Waals surface area (Å²) in [5.74, 6) is -0.465. The maximum atomic E-state index is 12.5. The molecule has 1 aliphatic carbocycles. The minimum atomic E-state index is -0.469. The molecular formula is C21H24N2O6S. The van der Waals surface area contributed by atoms with E-state index in [0.29, 0.717) is 21.9 Å². The lowest BCUT2D eigenvalue weighted by molar-refractivity contribution is -0.385. The lowest BCUT2D eigenvalue weighted by Gasteiger charge is -2.10. The molecule has 8 nitrogen and oxygen atoms in total. The van der Waals surface area contributed by atoms with Gasteiger partial charge in [0.15, 0.2) is 6.61 Å². The molecule has 160 valence electrons. The van der Waals surface area contributed by atoms with Gasteiger partial charge in [-0.2, -0.15) is 0 Å². The number of thiophene rings is 1. The zero-order chi connectivity index (χ0) is 21.7. The Hall–Kier alpha value is -2.94. The molecule has 30 heavy (non-hydrogen) atoms. The number of hydrogen-bond acceptors (Lipinski definition) is 7. The number of benzene rings is 1. The predicted molar refractivity (Wildman–Crippen MR) is 113 cm³/mol. The number of ether oxygens (including phenoxy) is 2. The van der Waals surface area contributed by atoms with E-state index < -0.39 is 16.8 Å². The molecule has 0 aliphatic heterocycles. The van der Waals surface area contributed by atoms with Gasteiger partial charge in [-0.3, -0.25) is 14.9 Å². The third-order valence-corrected chi connectivity index (χ3v) is 6.10. The van der Waals surface area contributed by atoms with Crippen LogP contribution in [0, 0.1) is 17.0 Å². The van der Waals surface area contributed by atoms with Crippen molar-refractivity contribution in [2.75, 3.05) is 18.5 Å². The minimum absolute atomic E-state index is 0.00837. The third kappa shape index (κ3) is 4.96. The van der Waals surface area contributed by atoms with Crippen LogP contribution >= 0.6 is 11.3 Å². The quantitative estimate of drug-likeness (QED) is 0.300. The molecule has 0 saturated carbocycles. The first kappa shape index (κ1) is 21.8. The number of hydrogen-bond donors (Lipinski definition) is 1. The topological polar surface area (TPSA) is 108 Å². The predicted octanol–water partition coefficient (Wildman–Crippen LogP) is 4.43. The highest BCUT2D eigenvalue weighted by Crippen LogP contribution is 2.38. The van der Waals surface area contributed by atoms with Crippen molar-refractivity contribution >= 4 is 33.9 Å². The number of anilines is 1. The molecule has 1 amide bonds. The van der Waals surface area contributed by atoms with E-state index in [1.165, 1.54) is 29.5 Å². The summed E-state index contributed by atoms with van der Waals surface area (Å²) in [6.07, 6.45) is 4.88. The Kier molecular flexibility index (Phi) is 7.04. The molecule has 1 N–H and O–H groups in total. The fourth-order valence-electron chi connectivity index (χ4n) is 3.48. The molecule has 1 aromatic heterocycles. The van der Waals surface area contributed by atoms with Gasteiger partial charge in [0, 0.05) is 16.5 Å². The van der Waals surface area contributed by atoms with Crippen molar-refractivity contribution in [1.82, 2.24) is 0 Å². The van der Waals surface area contributed by atoms with Crippen molar-refractivity contribution < 1.29 is 24.0 Å². The van der Waals surface area contributed by atoms with Gasteiger partial charge in [-0.1, -0.05) is 6.42 Å². The first-order chi connectivity index (χ1) is 14.4. The van der Waals surface area contributed by atoms with Crippen LogP contribution < -0.4 is 10.1 Å². The molecule has 1 heterocycles. The second-order valence-corrected chi connectivity index (χ2v) is 8.14. The second kappa shape index (κ2) is 9.71. The number of nitrogens with zero attached hydrogens (tertiary/aromatic N) is 1. The molecule has 1 aliphatic rings. The van der Waals surface area contributed by atoms with Gasteiger partial charge in [0.1, 0.15) is 10.8 Å². The molecule has 1 aromatic carbocycles. The summed E-state index contributed by atoms with van der Waals surface area (Å²) in [4.78, 5) is 36.6. The van der Waals surface area contributed by atoms with Gasteiger partial charge in [0.05, 0.1) is 17.1 Å². The Morgan fingerprint density at radius 3 is 2.70 bits per heavy atom. The molecule has 0 unspecified atom stereocenters. The van der Waals surface area contributed by atoms with Crippen molar-refractivity contribution in [3.63, 3.8) is 0 Å². The van der Waals surface area contributed by atoms with E-state index in [1.54, 1.807) is 13.8 Å². The van der Waals surface area contributed by atoms with Crippen molar-refractivity contribution in [2.45, 2.75) is 46.0 Å². The first-order valence-corrected chi connectivity index (χ1v) is 10.7. The van der Waals surface area contributed by atoms with Gasteiger partial charge >= 0.3 is 5.97 Å². The molecule has 2 aromatic rings. The molecular weight excluding hydrogens is 408 g/mol. The molecule has 0 bridgehead atoms. The van der Waals surface area contributed by atoms with E-state index in [1.807, 2.05) is 0 Å². The highest BCUT2D eigenvalue weighted by Gasteiger charge is 2.26. The molecule has 3 rings (SSSR count). The summed E-state index contributed by atoms with van der Waals surface area (Å²) >= 11 is 1.42. The number of fused-ring (bicyclic) bond motifs is 1. The highest BCUT2D eigenvalue weighted by molar-refractivity contribution is 7.17. The van der Waals surface area contributed by atoms with Crippen LogP contribution in [-0.4, -0.2) is 30.0 Å². The summed E-state index contributed by atoms with van der Waals surface area (Å²) in [5.41, 5.74) is 1.88. The number of carbonyl (C=O) groups excluding carboxylic acids is 2. The minimum Gasteiger partial charge on any atom is -0.484 e. The zero-order valence-corrected chi connectivity index (χ0v) is 17.8. The molecule has 9 heteroatoms. The lowest BCUT2D eigenvalue weighted by atomic mass is 10.1. The van der Waals surface area contributed by atoms with Crippen molar-refractivity contribution in [2.24, 2.45) is 0 Å². The van der Waals surface area contributed by atoms with Gasteiger partial charge in [0.2, 0.25) is 0 Å². The number of rotatable bonds is 7. The van der Waals surface area contributed by atoms with Crippen LogP contribution in [0.1, 0.15) is 52.5 Å². The third-order valence-electron chi connectivity index (χ3n) is 4.89. The maximum Gasteiger partial charge on any atom is 0.341 e. The van der Waals surface area contributed by atoms with E-state index in [0.717, 1.165) is 42.5 Å². The van der Waals surface area contributed by atoms with Crippen LogP contribution in [0.3, 0.4) is 0 Å². The number of nitro groups is 1. The monoisotopic (exact) mass is 432 g/mol. The Bertz CT molecular complexity index is 969. The molecule has 0 saturated heterocycles. The Morgan fingerprint density at radius 1 is 1.23 bits per heavy atom. The number of nitrogens with one attached hydrogen (secondary N) is 1. The van der Waals surface area contributed by atoms with Crippen molar-refractivity contribution in [3.8, 4) is 5.75 Å². The molecule has 0 atom stereocenters. The summed E-state index contributed by atoms with van der Waals surface area (Å²) < 4.78 is 10.7. The van der Waals surface area contributed by atoms with E-state index in [4.69, 9.17) is 9.47 Å². The van der Waals surface area contributed by atoms with E-state index in [9.17, 15) is 19.7 Å². The summed E-state index contributed by atoms with van der Waals surface area (Å²) in [7, 11) is 0. The van der Waals surface area contributed by atoms with Gasteiger partial charge in [-0.25, -0.2) is 4.79 Å². The van der Waals surface area contributed by atoms with Gasteiger partial charge < -0.3 is 14.8 Å². The maximum absolute atomic E-state index is 12.5. The zero-order valence-electron chi connectivity index (χ0n) is 17.0. The van der Waals surface area contributed by atoms with Gasteiger partial charge in [0.25, 0.3) is 11.6 Å². The fourth-order valence-corrected chi connectivity index (χ4v) is 4.78. The van der Waals surface area contributed by atoms with E-state index >= 15 is 0 Å². The van der Waals surface area contributed by atoms with Crippen molar-refractivity contribution in [1.29, 1.82) is 0 Å². The summed E-state index contributed by atoms with van der Waals surface area (Å²) in [6.45, 7) is 3.35. The van der Waals surface area contributed by atoms with Crippen LogP contribution in [0.15, 0.2) is 18.2 Å². The van der Waals surface area contributed by atoms with Gasteiger partial charge in [-0.15, -0.1) is 11.3 Å². The number of amides is 1. The van der Waals surface area contributed by atoms with Crippen LogP contribution in [0.25, 0.3) is 0 Å². The largest absolute Gasteiger partial charge is 0.484 e. The average Bonchev–Trinajstić information content (AvgIpc) is 2.87. The smallest absolute Gasteiger partial charge is 0.341 e. The van der Waals surface area contributed by atoms with Crippen molar-refractivity contribution in [3.05, 3.63) is 49.9 Å². The first-order valence-electron chi connectivity index (χ1n) is 9.90. The number of carbonyl (C=O) groups is 2.